The molecule has 0 radical (unpaired) electrons. The second-order valence-corrected chi connectivity index (χ2v) is 2.48. The molecule has 0 bridgehead atoms. The van der Waals surface area contributed by atoms with E-state index in [1.165, 1.54) is 0 Å². The average Bonchev–Trinajstić information content (AvgIpc) is 1.95. The van der Waals surface area contributed by atoms with Gasteiger partial charge in [0.05, 0.1) is 5.69 Å². The van der Waals surface area contributed by atoms with Crippen LogP contribution in [0.5, 0.6) is 0 Å². The van der Waals surface area contributed by atoms with Gasteiger partial charge in [-0.2, -0.15) is 0 Å². The first-order valence-electron chi connectivity index (χ1n) is 3.70. The van der Waals surface area contributed by atoms with Crippen LogP contribution >= 0.6 is 0 Å². The normalized spacial score (nSPS) is 9.64. The number of hydrogen-bond donors (Lipinski definition) is 2. The Morgan fingerprint density at radius 1 is 1.64 bits per heavy atom. The molecule has 1 aromatic rings. The molecule has 3 heteroatoms. The molecule has 0 fully saturated rings. The zero-order chi connectivity index (χ0) is 8.27. The van der Waals surface area contributed by atoms with Crippen LogP contribution in [0.15, 0.2) is 12.3 Å². The fourth-order valence-electron chi connectivity index (χ4n) is 0.907. The first kappa shape index (κ1) is 7.85. The highest BCUT2D eigenvalue weighted by molar-refractivity contribution is 5.61. The molecule has 0 unspecified atom stereocenters. The number of pyridine rings is 1. The highest BCUT2D eigenvalue weighted by atomic mass is 15.0. The Morgan fingerprint density at radius 2 is 2.36 bits per heavy atom. The minimum atomic E-state index is 0.715. The lowest BCUT2D eigenvalue weighted by atomic mass is 10.3. The second-order valence-electron chi connectivity index (χ2n) is 2.48. The third-order valence-electron chi connectivity index (χ3n) is 1.40. The predicted octanol–water partition coefficient (Wildman–Crippen LogP) is 1.40. The Kier molecular flexibility index (Phi) is 2.31. The first-order chi connectivity index (χ1) is 5.24. The quantitative estimate of drug-likeness (QED) is 0.671. The predicted molar refractivity (Wildman–Crippen MR) is 47.6 cm³/mol. The number of rotatable bonds is 2. The van der Waals surface area contributed by atoms with E-state index >= 15 is 0 Å². The number of nitrogens with two attached hydrogens (primary N) is 1. The lowest BCUT2D eigenvalue weighted by Crippen LogP contribution is -2.03. The summed E-state index contributed by atoms with van der Waals surface area (Å²) in [6.45, 7) is 4.83. The van der Waals surface area contributed by atoms with E-state index in [-0.39, 0.29) is 0 Å². The molecule has 60 valence electrons. The van der Waals surface area contributed by atoms with Gasteiger partial charge in [0.15, 0.2) is 0 Å². The van der Waals surface area contributed by atoms with Gasteiger partial charge in [0, 0.05) is 12.7 Å². The molecular formula is C8H13N3. The number of aryl methyl sites for hydroxylation is 1. The van der Waals surface area contributed by atoms with Crippen molar-refractivity contribution in [3.05, 3.63) is 17.8 Å². The summed E-state index contributed by atoms with van der Waals surface area (Å²) in [6, 6.07) is 1.91. The van der Waals surface area contributed by atoms with Crippen LogP contribution in [0.3, 0.4) is 0 Å². The molecule has 0 aromatic carbocycles. The van der Waals surface area contributed by atoms with Gasteiger partial charge in [-0.15, -0.1) is 0 Å². The lowest BCUT2D eigenvalue weighted by molar-refractivity contribution is 1.15. The number of hydrogen-bond acceptors (Lipinski definition) is 3. The van der Waals surface area contributed by atoms with E-state index in [1.54, 1.807) is 6.20 Å². The summed E-state index contributed by atoms with van der Waals surface area (Å²) in [7, 11) is 0. The van der Waals surface area contributed by atoms with Crippen LogP contribution < -0.4 is 11.1 Å². The van der Waals surface area contributed by atoms with E-state index < -0.39 is 0 Å². The van der Waals surface area contributed by atoms with E-state index in [0.29, 0.717) is 5.69 Å². The largest absolute Gasteiger partial charge is 0.396 e. The molecule has 0 amide bonds. The van der Waals surface area contributed by atoms with Crippen molar-refractivity contribution in [2.75, 3.05) is 17.6 Å². The van der Waals surface area contributed by atoms with Gasteiger partial charge < -0.3 is 11.1 Å². The summed E-state index contributed by atoms with van der Waals surface area (Å²) >= 11 is 0. The van der Waals surface area contributed by atoms with Crippen molar-refractivity contribution in [2.45, 2.75) is 13.8 Å². The molecule has 0 saturated heterocycles. The molecule has 0 aliphatic rings. The van der Waals surface area contributed by atoms with Crippen molar-refractivity contribution in [3.8, 4) is 0 Å². The maximum atomic E-state index is 5.68. The first-order valence-corrected chi connectivity index (χ1v) is 3.70. The molecule has 0 atom stereocenters. The minimum absolute atomic E-state index is 0.715. The third kappa shape index (κ3) is 1.83. The Balaban J connectivity index is 2.90. The van der Waals surface area contributed by atoms with Gasteiger partial charge in [-0.25, -0.2) is 4.98 Å². The molecular weight excluding hydrogens is 138 g/mol. The highest BCUT2D eigenvalue weighted by Crippen LogP contribution is 2.14. The molecule has 1 aromatic heterocycles. The van der Waals surface area contributed by atoms with Gasteiger partial charge in [0.1, 0.15) is 5.82 Å². The van der Waals surface area contributed by atoms with Crippen molar-refractivity contribution in [3.63, 3.8) is 0 Å². The Labute approximate surface area is 66.6 Å². The molecule has 11 heavy (non-hydrogen) atoms. The van der Waals surface area contributed by atoms with E-state index in [4.69, 9.17) is 5.73 Å². The van der Waals surface area contributed by atoms with Crippen LogP contribution in [0.1, 0.15) is 12.5 Å². The SMILES string of the molecule is CCNc1ncc(C)cc1N. The molecule has 0 spiro atoms. The van der Waals surface area contributed by atoms with Crippen molar-refractivity contribution in [2.24, 2.45) is 0 Å². The zero-order valence-corrected chi connectivity index (χ0v) is 6.89. The minimum Gasteiger partial charge on any atom is -0.396 e. The van der Waals surface area contributed by atoms with Gasteiger partial charge in [0.25, 0.3) is 0 Å². The maximum absolute atomic E-state index is 5.68. The van der Waals surface area contributed by atoms with Crippen LogP contribution in [0.4, 0.5) is 11.5 Å². The lowest BCUT2D eigenvalue weighted by Gasteiger charge is -2.05. The summed E-state index contributed by atoms with van der Waals surface area (Å²) < 4.78 is 0. The van der Waals surface area contributed by atoms with Crippen molar-refractivity contribution < 1.29 is 0 Å². The smallest absolute Gasteiger partial charge is 0.149 e. The number of nitrogens with one attached hydrogen (secondary N) is 1. The number of aromatic nitrogens is 1. The van der Waals surface area contributed by atoms with E-state index in [2.05, 4.69) is 10.3 Å². The molecule has 1 heterocycles. The summed E-state index contributed by atoms with van der Waals surface area (Å²) in [4.78, 5) is 4.13. The monoisotopic (exact) mass is 151 g/mol. The fraction of sp³-hybridized carbons (Fsp3) is 0.375. The van der Waals surface area contributed by atoms with Crippen LogP contribution in [0.2, 0.25) is 0 Å². The van der Waals surface area contributed by atoms with Gasteiger partial charge in [-0.1, -0.05) is 0 Å². The van der Waals surface area contributed by atoms with Crippen molar-refractivity contribution in [1.29, 1.82) is 0 Å². The fourth-order valence-corrected chi connectivity index (χ4v) is 0.907. The standard InChI is InChI=1S/C8H13N3/c1-3-10-8-7(9)4-6(2)5-11-8/h4-5H,3,9H2,1-2H3,(H,10,11). The van der Waals surface area contributed by atoms with E-state index in [1.807, 2.05) is 19.9 Å². The van der Waals surface area contributed by atoms with Crippen LogP contribution in [0, 0.1) is 6.92 Å². The summed E-state index contributed by atoms with van der Waals surface area (Å²) in [5.74, 6) is 0.776. The van der Waals surface area contributed by atoms with Crippen LogP contribution in [-0.4, -0.2) is 11.5 Å². The van der Waals surface area contributed by atoms with Crippen molar-refractivity contribution in [1.82, 2.24) is 4.98 Å². The van der Waals surface area contributed by atoms with Gasteiger partial charge >= 0.3 is 0 Å². The Bertz CT molecular complexity index is 245. The molecule has 3 nitrogen and oxygen atoms in total. The number of anilines is 2. The highest BCUT2D eigenvalue weighted by Gasteiger charge is 1.96. The average molecular weight is 151 g/mol. The molecule has 3 N–H and O–H groups in total. The maximum Gasteiger partial charge on any atom is 0.149 e. The summed E-state index contributed by atoms with van der Waals surface area (Å²) in [5.41, 5.74) is 7.48. The third-order valence-corrected chi connectivity index (χ3v) is 1.40. The summed E-state index contributed by atoms with van der Waals surface area (Å²) in [5, 5.41) is 3.07. The molecule has 0 aliphatic heterocycles. The zero-order valence-electron chi connectivity index (χ0n) is 6.89. The van der Waals surface area contributed by atoms with Gasteiger partial charge in [-0.05, 0) is 25.5 Å². The van der Waals surface area contributed by atoms with E-state index in [9.17, 15) is 0 Å². The summed E-state index contributed by atoms with van der Waals surface area (Å²) in [6.07, 6.45) is 1.80. The number of nitrogen functional groups attached to an aromatic ring is 1. The Morgan fingerprint density at radius 3 is 2.91 bits per heavy atom. The Hall–Kier alpha value is -1.25. The molecule has 0 aliphatic carbocycles. The van der Waals surface area contributed by atoms with Crippen LogP contribution in [0.25, 0.3) is 0 Å². The molecule has 1 rings (SSSR count). The van der Waals surface area contributed by atoms with Gasteiger partial charge in [0.2, 0.25) is 0 Å². The topological polar surface area (TPSA) is 50.9 Å². The van der Waals surface area contributed by atoms with Gasteiger partial charge in [-0.3, -0.25) is 0 Å². The molecule has 0 saturated carbocycles. The number of nitrogens with zero attached hydrogens (tertiary/aromatic N) is 1. The van der Waals surface area contributed by atoms with Crippen LogP contribution in [-0.2, 0) is 0 Å². The van der Waals surface area contributed by atoms with E-state index in [0.717, 1.165) is 17.9 Å². The second kappa shape index (κ2) is 3.23. The van der Waals surface area contributed by atoms with Crippen molar-refractivity contribution >= 4 is 11.5 Å².